The summed E-state index contributed by atoms with van der Waals surface area (Å²) in [6, 6.07) is 0. The van der Waals surface area contributed by atoms with E-state index in [1.165, 1.54) is 6.08 Å². The first-order valence-corrected chi connectivity index (χ1v) is 3.13. The Kier molecular flexibility index (Phi) is 13.3. The van der Waals surface area contributed by atoms with E-state index in [1.807, 2.05) is 0 Å². The zero-order chi connectivity index (χ0) is 10.5. The van der Waals surface area contributed by atoms with Crippen LogP contribution in [-0.2, 0) is 19.1 Å². The lowest BCUT2D eigenvalue weighted by molar-refractivity contribution is -0.137. The van der Waals surface area contributed by atoms with Crippen molar-refractivity contribution in [1.82, 2.24) is 0 Å². The van der Waals surface area contributed by atoms with Gasteiger partial charge in [-0.2, -0.15) is 0 Å². The highest BCUT2D eigenvalue weighted by atomic mass is 16.5. The monoisotopic (exact) mass is 187 g/mol. The molecule has 0 aromatic carbocycles. The van der Waals surface area contributed by atoms with Crippen LogP contribution in [0.5, 0.6) is 0 Å². The first-order valence-electron chi connectivity index (χ1n) is 3.13. The van der Waals surface area contributed by atoms with E-state index in [0.717, 1.165) is 6.08 Å². The predicted octanol–water partition coefficient (Wildman–Crippen LogP) is -0.248. The number of esters is 1. The van der Waals surface area contributed by atoms with Gasteiger partial charge in [-0.15, -0.1) is 0 Å². The topological polar surface area (TPSA) is 93.0 Å². The fraction of sp³-hybridized carbons (Fsp3) is 0.286. The van der Waals surface area contributed by atoms with Crippen molar-refractivity contribution in [3.05, 3.63) is 12.7 Å². The fourth-order valence-electron chi connectivity index (χ4n) is 0.296. The zero-order valence-electron chi connectivity index (χ0n) is 6.80. The number of isocyanates is 1. The lowest BCUT2D eigenvalue weighted by Crippen LogP contribution is -2.03. The SMILES string of the molecule is C=CC(=O)OCCN=C=O.O=CO. The highest BCUT2D eigenvalue weighted by molar-refractivity contribution is 5.81. The third kappa shape index (κ3) is 17.8. The average Bonchev–Trinajstić information content (AvgIpc) is 2.13. The molecule has 6 nitrogen and oxygen atoms in total. The quantitative estimate of drug-likeness (QED) is 0.163. The number of carbonyl (C=O) groups excluding carboxylic acids is 2. The lowest BCUT2D eigenvalue weighted by atomic mass is 10.6. The van der Waals surface area contributed by atoms with E-state index < -0.39 is 5.97 Å². The largest absolute Gasteiger partial charge is 0.483 e. The Bertz CT molecular complexity index is 207. The average molecular weight is 187 g/mol. The summed E-state index contributed by atoms with van der Waals surface area (Å²) < 4.78 is 4.46. The number of hydrogen-bond donors (Lipinski definition) is 1. The van der Waals surface area contributed by atoms with Gasteiger partial charge in [0.1, 0.15) is 6.61 Å². The van der Waals surface area contributed by atoms with Crippen molar-refractivity contribution < 1.29 is 24.2 Å². The number of carboxylic acid groups (broad SMARTS) is 1. The molecule has 0 aromatic heterocycles. The van der Waals surface area contributed by atoms with Crippen molar-refractivity contribution in [3.8, 4) is 0 Å². The van der Waals surface area contributed by atoms with Crippen LogP contribution in [0.15, 0.2) is 17.6 Å². The Morgan fingerprint density at radius 3 is 2.62 bits per heavy atom. The van der Waals surface area contributed by atoms with Gasteiger partial charge in [0.15, 0.2) is 0 Å². The minimum atomic E-state index is -0.513. The van der Waals surface area contributed by atoms with Crippen LogP contribution in [-0.4, -0.2) is 36.8 Å². The molecule has 0 heterocycles. The molecule has 0 spiro atoms. The molecular weight excluding hydrogens is 178 g/mol. The van der Waals surface area contributed by atoms with E-state index >= 15 is 0 Å². The molecule has 0 radical (unpaired) electrons. The van der Waals surface area contributed by atoms with Gasteiger partial charge >= 0.3 is 5.97 Å². The normalized spacial score (nSPS) is 6.77. The maximum Gasteiger partial charge on any atom is 0.330 e. The predicted molar refractivity (Wildman–Crippen MR) is 42.8 cm³/mol. The van der Waals surface area contributed by atoms with Gasteiger partial charge in [-0.3, -0.25) is 4.79 Å². The van der Waals surface area contributed by atoms with E-state index in [0.29, 0.717) is 0 Å². The van der Waals surface area contributed by atoms with Gasteiger partial charge in [0, 0.05) is 6.08 Å². The maximum absolute atomic E-state index is 10.3. The number of aliphatic imine (C=N–C) groups is 1. The minimum Gasteiger partial charge on any atom is -0.483 e. The summed E-state index contributed by atoms with van der Waals surface area (Å²) in [5.41, 5.74) is 0. The Labute approximate surface area is 74.5 Å². The second-order valence-corrected chi connectivity index (χ2v) is 1.45. The van der Waals surface area contributed by atoms with Crippen molar-refractivity contribution in [2.24, 2.45) is 4.99 Å². The van der Waals surface area contributed by atoms with Gasteiger partial charge in [-0.05, 0) is 0 Å². The van der Waals surface area contributed by atoms with Gasteiger partial charge in [0.05, 0.1) is 6.54 Å². The fourth-order valence-corrected chi connectivity index (χ4v) is 0.296. The summed E-state index contributed by atoms with van der Waals surface area (Å²) in [5.74, 6) is -0.513. The van der Waals surface area contributed by atoms with E-state index in [4.69, 9.17) is 9.90 Å². The van der Waals surface area contributed by atoms with Crippen LogP contribution in [0.2, 0.25) is 0 Å². The molecule has 0 unspecified atom stereocenters. The summed E-state index contributed by atoms with van der Waals surface area (Å²) in [4.78, 5) is 31.3. The van der Waals surface area contributed by atoms with Gasteiger partial charge in [-0.1, -0.05) is 6.58 Å². The van der Waals surface area contributed by atoms with Gasteiger partial charge < -0.3 is 9.84 Å². The van der Waals surface area contributed by atoms with Gasteiger partial charge in [0.25, 0.3) is 6.47 Å². The summed E-state index contributed by atoms with van der Waals surface area (Å²) >= 11 is 0. The molecule has 0 aromatic rings. The number of nitrogens with zero attached hydrogens (tertiary/aromatic N) is 1. The molecule has 0 aliphatic rings. The van der Waals surface area contributed by atoms with Crippen molar-refractivity contribution in [3.63, 3.8) is 0 Å². The van der Waals surface area contributed by atoms with Crippen LogP contribution in [0.4, 0.5) is 0 Å². The van der Waals surface area contributed by atoms with Crippen LogP contribution < -0.4 is 0 Å². The third-order valence-electron chi connectivity index (χ3n) is 0.679. The van der Waals surface area contributed by atoms with Gasteiger partial charge in [0.2, 0.25) is 6.08 Å². The van der Waals surface area contributed by atoms with Crippen LogP contribution in [0.25, 0.3) is 0 Å². The molecule has 13 heavy (non-hydrogen) atoms. The Morgan fingerprint density at radius 2 is 2.23 bits per heavy atom. The molecular formula is C7H9NO5. The molecule has 0 aliphatic carbocycles. The van der Waals surface area contributed by atoms with Crippen molar-refractivity contribution in [2.75, 3.05) is 13.2 Å². The van der Waals surface area contributed by atoms with Crippen molar-refractivity contribution in [1.29, 1.82) is 0 Å². The molecule has 6 heteroatoms. The third-order valence-corrected chi connectivity index (χ3v) is 0.679. The van der Waals surface area contributed by atoms with Crippen LogP contribution >= 0.6 is 0 Å². The first-order chi connectivity index (χ1) is 6.22. The Morgan fingerprint density at radius 1 is 1.69 bits per heavy atom. The number of rotatable bonds is 4. The van der Waals surface area contributed by atoms with Crippen molar-refractivity contribution >= 4 is 18.5 Å². The summed E-state index contributed by atoms with van der Waals surface area (Å²) in [6.45, 7) is 3.18. The lowest BCUT2D eigenvalue weighted by Gasteiger charge is -1.94. The molecule has 0 atom stereocenters. The van der Waals surface area contributed by atoms with Crippen LogP contribution in [0.1, 0.15) is 0 Å². The molecule has 0 saturated carbocycles. The van der Waals surface area contributed by atoms with E-state index in [2.05, 4.69) is 16.3 Å². The molecule has 0 aliphatic heterocycles. The molecule has 0 bridgehead atoms. The second-order valence-electron chi connectivity index (χ2n) is 1.45. The van der Waals surface area contributed by atoms with E-state index in [1.54, 1.807) is 0 Å². The Balaban J connectivity index is 0. The molecule has 0 amide bonds. The number of hydrogen-bond acceptors (Lipinski definition) is 5. The highest BCUT2D eigenvalue weighted by Crippen LogP contribution is 1.78. The highest BCUT2D eigenvalue weighted by Gasteiger charge is 1.91. The Hall–Kier alpha value is -1.94. The number of carbonyl (C=O) groups is 2. The zero-order valence-corrected chi connectivity index (χ0v) is 6.80. The number of ether oxygens (including phenoxy) is 1. The smallest absolute Gasteiger partial charge is 0.330 e. The van der Waals surface area contributed by atoms with E-state index in [9.17, 15) is 9.59 Å². The van der Waals surface area contributed by atoms with E-state index in [-0.39, 0.29) is 19.6 Å². The minimum absolute atomic E-state index is 0.0973. The standard InChI is InChI=1S/C6H7NO3.CH2O2/c1-2-6(9)10-4-3-7-5-8;2-1-3/h2H,1,3-4H2;1H,(H,2,3). The summed E-state index contributed by atoms with van der Waals surface area (Å²) in [6.07, 6.45) is 2.36. The first kappa shape index (κ1) is 13.6. The molecule has 0 fully saturated rings. The van der Waals surface area contributed by atoms with Crippen LogP contribution in [0.3, 0.4) is 0 Å². The maximum atomic E-state index is 10.3. The van der Waals surface area contributed by atoms with Crippen molar-refractivity contribution in [2.45, 2.75) is 0 Å². The second kappa shape index (κ2) is 12.7. The van der Waals surface area contributed by atoms with Gasteiger partial charge in [-0.25, -0.2) is 14.6 Å². The summed E-state index contributed by atoms with van der Waals surface area (Å²) in [7, 11) is 0. The van der Waals surface area contributed by atoms with Crippen LogP contribution in [0, 0.1) is 0 Å². The molecule has 0 saturated heterocycles. The molecule has 1 N–H and O–H groups in total. The molecule has 72 valence electrons. The molecule has 0 rings (SSSR count). The summed E-state index contributed by atoms with van der Waals surface area (Å²) in [5, 5.41) is 6.89.